The number of fused-ring (bicyclic) bond motifs is 1. The minimum Gasteiger partial charge on any atom is -0.324 e. The highest BCUT2D eigenvalue weighted by molar-refractivity contribution is 5.94. The van der Waals surface area contributed by atoms with E-state index in [-0.39, 0.29) is 5.91 Å². The van der Waals surface area contributed by atoms with Crippen LogP contribution in [0.1, 0.15) is 36.6 Å². The molecular weight excluding hydrogens is 300 g/mol. The van der Waals surface area contributed by atoms with Gasteiger partial charge in [-0.25, -0.2) is 4.68 Å². The van der Waals surface area contributed by atoms with Crippen LogP contribution in [-0.2, 0) is 11.2 Å². The summed E-state index contributed by atoms with van der Waals surface area (Å²) < 4.78 is 1.68. The highest BCUT2D eigenvalue weighted by Crippen LogP contribution is 2.21. The van der Waals surface area contributed by atoms with E-state index in [1.165, 1.54) is 11.1 Å². The largest absolute Gasteiger partial charge is 0.324 e. The molecule has 3 rings (SSSR count). The van der Waals surface area contributed by atoms with Crippen LogP contribution >= 0.6 is 0 Å². The number of aryl methyl sites for hydroxylation is 3. The third kappa shape index (κ3) is 3.02. The summed E-state index contributed by atoms with van der Waals surface area (Å²) in [5, 5.41) is 11.3. The Hall–Kier alpha value is -2.69. The zero-order chi connectivity index (χ0) is 17.3. The zero-order valence-electron chi connectivity index (χ0n) is 14.5. The number of amides is 1. The molecular formula is C19H22N4O. The molecule has 1 amide bonds. The summed E-state index contributed by atoms with van der Waals surface area (Å²) in [5.74, 6) is -0.107. The van der Waals surface area contributed by atoms with Gasteiger partial charge in [0.05, 0.1) is 5.52 Å². The molecule has 0 radical (unpaired) electrons. The Balaban J connectivity index is 1.83. The van der Waals surface area contributed by atoms with E-state index in [2.05, 4.69) is 22.6 Å². The lowest BCUT2D eigenvalue weighted by atomic mass is 10.1. The Kier molecular flexibility index (Phi) is 4.34. The molecule has 0 aliphatic rings. The Morgan fingerprint density at radius 1 is 1.17 bits per heavy atom. The van der Waals surface area contributed by atoms with Crippen LogP contribution in [0.3, 0.4) is 0 Å². The molecule has 0 fully saturated rings. The summed E-state index contributed by atoms with van der Waals surface area (Å²) in [4.78, 5) is 12.6. The van der Waals surface area contributed by atoms with Gasteiger partial charge in [-0.15, -0.1) is 5.10 Å². The van der Waals surface area contributed by atoms with Gasteiger partial charge in [-0.1, -0.05) is 24.3 Å². The first-order chi connectivity index (χ1) is 11.5. The van der Waals surface area contributed by atoms with Crippen LogP contribution in [0.5, 0.6) is 0 Å². The molecule has 0 spiro atoms. The van der Waals surface area contributed by atoms with Crippen molar-refractivity contribution in [3.05, 3.63) is 53.1 Å². The van der Waals surface area contributed by atoms with Crippen molar-refractivity contribution in [3.8, 4) is 0 Å². The lowest BCUT2D eigenvalue weighted by molar-refractivity contribution is -0.119. The molecule has 1 N–H and O–H groups in total. The molecule has 0 saturated carbocycles. The molecule has 2 aromatic carbocycles. The average molecular weight is 322 g/mol. The second kappa shape index (κ2) is 6.43. The van der Waals surface area contributed by atoms with Gasteiger partial charge in [0, 0.05) is 5.69 Å². The first-order valence-electron chi connectivity index (χ1n) is 8.21. The first kappa shape index (κ1) is 16.2. The number of anilines is 1. The number of nitrogens with one attached hydrogen (secondary N) is 1. The fourth-order valence-corrected chi connectivity index (χ4v) is 2.66. The predicted octanol–water partition coefficient (Wildman–Crippen LogP) is 3.81. The monoisotopic (exact) mass is 322 g/mol. The van der Waals surface area contributed by atoms with Gasteiger partial charge in [-0.3, -0.25) is 4.79 Å². The highest BCUT2D eigenvalue weighted by atomic mass is 16.2. The molecule has 0 aliphatic heterocycles. The van der Waals surface area contributed by atoms with Crippen LogP contribution in [0, 0.1) is 13.8 Å². The molecule has 24 heavy (non-hydrogen) atoms. The molecule has 124 valence electrons. The SMILES string of the molecule is CCc1ccc(NC(=O)C(C)n2nnc3cc(C)c(C)cc32)cc1. The van der Waals surface area contributed by atoms with Crippen LogP contribution in [0.2, 0.25) is 0 Å². The molecule has 1 unspecified atom stereocenters. The van der Waals surface area contributed by atoms with E-state index in [4.69, 9.17) is 0 Å². The molecule has 1 heterocycles. The van der Waals surface area contributed by atoms with Crippen molar-refractivity contribution < 1.29 is 4.79 Å². The summed E-state index contributed by atoms with van der Waals surface area (Å²) in [6.45, 7) is 8.03. The number of nitrogens with zero attached hydrogens (tertiary/aromatic N) is 3. The summed E-state index contributed by atoms with van der Waals surface area (Å²) in [6.07, 6.45) is 0.980. The van der Waals surface area contributed by atoms with Crippen LogP contribution in [0.25, 0.3) is 11.0 Å². The number of aromatic nitrogens is 3. The minimum absolute atomic E-state index is 0.107. The minimum atomic E-state index is -0.442. The quantitative estimate of drug-likeness (QED) is 0.794. The van der Waals surface area contributed by atoms with Crippen molar-refractivity contribution in [2.24, 2.45) is 0 Å². The van der Waals surface area contributed by atoms with Crippen molar-refractivity contribution in [2.45, 2.75) is 40.2 Å². The molecule has 0 bridgehead atoms. The van der Waals surface area contributed by atoms with Crippen LogP contribution < -0.4 is 5.32 Å². The van der Waals surface area contributed by atoms with Gasteiger partial charge < -0.3 is 5.32 Å². The standard InChI is InChI=1S/C19H22N4O/c1-5-15-6-8-16(9-7-15)20-19(24)14(4)23-18-11-13(3)12(2)10-17(18)21-22-23/h6-11,14H,5H2,1-4H3,(H,20,24). The van der Waals surface area contributed by atoms with Crippen molar-refractivity contribution in [3.63, 3.8) is 0 Å². The van der Waals surface area contributed by atoms with E-state index < -0.39 is 6.04 Å². The maximum Gasteiger partial charge on any atom is 0.249 e. The maximum atomic E-state index is 12.6. The van der Waals surface area contributed by atoms with E-state index in [1.54, 1.807) is 4.68 Å². The van der Waals surface area contributed by atoms with Gasteiger partial charge >= 0.3 is 0 Å². The fourth-order valence-electron chi connectivity index (χ4n) is 2.66. The predicted molar refractivity (Wildman–Crippen MR) is 96.2 cm³/mol. The van der Waals surface area contributed by atoms with Gasteiger partial charge in [-0.05, 0) is 68.1 Å². The van der Waals surface area contributed by atoms with Crippen molar-refractivity contribution in [1.82, 2.24) is 15.0 Å². The maximum absolute atomic E-state index is 12.6. The van der Waals surface area contributed by atoms with Crippen molar-refractivity contribution >= 4 is 22.6 Å². The molecule has 1 aromatic heterocycles. The average Bonchev–Trinajstić information content (AvgIpc) is 2.97. The van der Waals surface area contributed by atoms with Crippen LogP contribution in [-0.4, -0.2) is 20.9 Å². The van der Waals surface area contributed by atoms with E-state index >= 15 is 0 Å². The van der Waals surface area contributed by atoms with Crippen molar-refractivity contribution in [2.75, 3.05) is 5.32 Å². The number of benzene rings is 2. The van der Waals surface area contributed by atoms with Crippen LogP contribution in [0.4, 0.5) is 5.69 Å². The van der Waals surface area contributed by atoms with Crippen molar-refractivity contribution in [1.29, 1.82) is 0 Å². The Morgan fingerprint density at radius 2 is 1.83 bits per heavy atom. The Bertz CT molecular complexity index is 880. The summed E-state index contributed by atoms with van der Waals surface area (Å²) in [5.41, 5.74) is 6.05. The van der Waals surface area contributed by atoms with Gasteiger partial charge in [0.15, 0.2) is 0 Å². The lowest BCUT2D eigenvalue weighted by Crippen LogP contribution is -2.24. The smallest absolute Gasteiger partial charge is 0.249 e. The fraction of sp³-hybridized carbons (Fsp3) is 0.316. The Morgan fingerprint density at radius 3 is 2.50 bits per heavy atom. The first-order valence-corrected chi connectivity index (χ1v) is 8.21. The highest BCUT2D eigenvalue weighted by Gasteiger charge is 2.19. The molecule has 5 nitrogen and oxygen atoms in total. The van der Waals surface area contributed by atoms with Gasteiger partial charge in [-0.2, -0.15) is 0 Å². The van der Waals surface area contributed by atoms with Gasteiger partial charge in [0.1, 0.15) is 11.6 Å². The third-order valence-corrected chi connectivity index (χ3v) is 4.46. The number of hydrogen-bond acceptors (Lipinski definition) is 3. The molecule has 0 saturated heterocycles. The third-order valence-electron chi connectivity index (χ3n) is 4.46. The van der Waals surface area contributed by atoms with Gasteiger partial charge in [0.2, 0.25) is 5.91 Å². The van der Waals surface area contributed by atoms with Crippen LogP contribution in [0.15, 0.2) is 36.4 Å². The lowest BCUT2D eigenvalue weighted by Gasteiger charge is -2.13. The summed E-state index contributed by atoms with van der Waals surface area (Å²) in [6, 6.07) is 11.5. The number of hydrogen-bond donors (Lipinski definition) is 1. The van der Waals surface area contributed by atoms with E-state index in [0.29, 0.717) is 0 Å². The van der Waals surface area contributed by atoms with E-state index in [9.17, 15) is 4.79 Å². The second-order valence-electron chi connectivity index (χ2n) is 6.17. The zero-order valence-corrected chi connectivity index (χ0v) is 14.5. The Labute approximate surface area is 141 Å². The normalized spacial score (nSPS) is 12.3. The summed E-state index contributed by atoms with van der Waals surface area (Å²) >= 11 is 0. The number of carbonyl (C=O) groups is 1. The van der Waals surface area contributed by atoms with E-state index in [1.807, 2.05) is 57.2 Å². The number of carbonyl (C=O) groups excluding carboxylic acids is 1. The van der Waals surface area contributed by atoms with Gasteiger partial charge in [0.25, 0.3) is 0 Å². The second-order valence-corrected chi connectivity index (χ2v) is 6.17. The topological polar surface area (TPSA) is 59.8 Å². The van der Waals surface area contributed by atoms with E-state index in [0.717, 1.165) is 28.7 Å². The molecule has 0 aliphatic carbocycles. The molecule has 3 aromatic rings. The summed E-state index contributed by atoms with van der Waals surface area (Å²) in [7, 11) is 0. The molecule has 5 heteroatoms. The number of rotatable bonds is 4. The molecule has 1 atom stereocenters.